The molecule has 0 aliphatic heterocycles. The van der Waals surface area contributed by atoms with Crippen molar-refractivity contribution in [2.24, 2.45) is 0 Å². The van der Waals surface area contributed by atoms with Gasteiger partial charge in [0.2, 0.25) is 26.6 Å². The molecule has 1 N–H and O–H groups in total. The van der Waals surface area contributed by atoms with Crippen molar-refractivity contribution in [3.8, 4) is 17.2 Å². The van der Waals surface area contributed by atoms with Crippen molar-refractivity contribution >= 4 is 15.7 Å². The fourth-order valence-electron chi connectivity index (χ4n) is 3.27. The molecule has 0 saturated carbocycles. The summed E-state index contributed by atoms with van der Waals surface area (Å²) in [5.74, 6) is -0.407. The van der Waals surface area contributed by atoms with E-state index in [1.807, 2.05) is 19.1 Å². The fraction of sp³-hybridized carbons (Fsp3) is 0.125. The van der Waals surface area contributed by atoms with Gasteiger partial charge in [0, 0.05) is 12.1 Å². The number of aromatic nitrogens is 1. The third-order valence-corrected chi connectivity index (χ3v) is 6.54. The molecule has 176 valence electrons. The van der Waals surface area contributed by atoms with Gasteiger partial charge in [-0.3, -0.25) is 0 Å². The van der Waals surface area contributed by atoms with Gasteiger partial charge >= 0.3 is 6.36 Å². The van der Waals surface area contributed by atoms with Gasteiger partial charge in [-0.2, -0.15) is 4.98 Å². The monoisotopic (exact) mass is 488 g/mol. The van der Waals surface area contributed by atoms with E-state index in [4.69, 9.17) is 4.42 Å². The number of nitrogens with one attached hydrogen (secondary N) is 1. The summed E-state index contributed by atoms with van der Waals surface area (Å²) in [6, 6.07) is 20.3. The van der Waals surface area contributed by atoms with Gasteiger partial charge in [-0.05, 0) is 48.4 Å². The van der Waals surface area contributed by atoms with Crippen molar-refractivity contribution in [3.63, 3.8) is 0 Å². The number of rotatable bonds is 7. The van der Waals surface area contributed by atoms with Crippen LogP contribution in [-0.4, -0.2) is 19.8 Å². The number of anilines is 1. The Kier molecular flexibility index (Phi) is 6.34. The van der Waals surface area contributed by atoms with Crippen molar-refractivity contribution in [1.82, 2.24) is 4.98 Å². The normalized spacial score (nSPS) is 11.9. The molecule has 0 fully saturated rings. The zero-order valence-electron chi connectivity index (χ0n) is 17.8. The second-order valence-electron chi connectivity index (χ2n) is 7.33. The van der Waals surface area contributed by atoms with E-state index < -0.39 is 16.2 Å². The Morgan fingerprint density at radius 2 is 1.68 bits per heavy atom. The SMILES string of the molecule is Cc1ccccc1-c1nc(S(=O)(=O)c2ccccc2)c(NCc2cccc(OC(F)(F)F)c2)o1. The molecule has 0 amide bonds. The Morgan fingerprint density at radius 3 is 2.38 bits per heavy atom. The lowest BCUT2D eigenvalue weighted by molar-refractivity contribution is -0.274. The summed E-state index contributed by atoms with van der Waals surface area (Å²) < 4.78 is 74.0. The molecular formula is C24H19F3N2O4S. The number of ether oxygens (including phenoxy) is 1. The van der Waals surface area contributed by atoms with Crippen molar-refractivity contribution in [2.75, 3.05) is 5.32 Å². The third-order valence-electron chi connectivity index (χ3n) is 4.86. The maximum absolute atomic E-state index is 13.3. The smallest absolute Gasteiger partial charge is 0.419 e. The number of benzene rings is 3. The molecule has 0 aliphatic carbocycles. The molecule has 1 heterocycles. The zero-order valence-corrected chi connectivity index (χ0v) is 18.7. The molecule has 1 aromatic heterocycles. The Bertz CT molecular complexity index is 1400. The molecule has 0 saturated heterocycles. The third kappa shape index (κ3) is 5.23. The molecule has 0 bridgehead atoms. The zero-order chi connectivity index (χ0) is 24.3. The Hall–Kier alpha value is -3.79. The van der Waals surface area contributed by atoms with Crippen LogP contribution in [0.3, 0.4) is 0 Å². The molecule has 3 aromatic carbocycles. The summed E-state index contributed by atoms with van der Waals surface area (Å²) in [4.78, 5) is 4.31. The first-order valence-electron chi connectivity index (χ1n) is 10.1. The topological polar surface area (TPSA) is 81.4 Å². The standard InChI is InChI=1S/C24H19F3N2O4S/c1-16-8-5-6-13-20(16)21-29-23(34(30,31)19-11-3-2-4-12-19)22(32-21)28-15-17-9-7-10-18(14-17)33-24(25,26)27/h2-14,28H,15H2,1H3. The highest BCUT2D eigenvalue weighted by Crippen LogP contribution is 2.34. The number of aryl methyl sites for hydroxylation is 1. The molecule has 0 aliphatic rings. The highest BCUT2D eigenvalue weighted by molar-refractivity contribution is 7.91. The van der Waals surface area contributed by atoms with Gasteiger partial charge in [0.1, 0.15) is 5.75 Å². The van der Waals surface area contributed by atoms with E-state index in [0.717, 1.165) is 5.56 Å². The minimum Gasteiger partial charge on any atom is -0.419 e. The summed E-state index contributed by atoms with van der Waals surface area (Å²) in [5.41, 5.74) is 1.86. The maximum atomic E-state index is 13.3. The Morgan fingerprint density at radius 1 is 0.971 bits per heavy atom. The maximum Gasteiger partial charge on any atom is 0.573 e. The van der Waals surface area contributed by atoms with Crippen LogP contribution in [0.25, 0.3) is 11.5 Å². The molecule has 34 heavy (non-hydrogen) atoms. The quantitative estimate of drug-likeness (QED) is 0.344. The lowest BCUT2D eigenvalue weighted by Crippen LogP contribution is -2.17. The molecule has 0 radical (unpaired) electrons. The highest BCUT2D eigenvalue weighted by Gasteiger charge is 2.31. The van der Waals surface area contributed by atoms with Crippen LogP contribution in [0.15, 0.2) is 93.2 Å². The second-order valence-corrected chi connectivity index (χ2v) is 9.20. The van der Waals surface area contributed by atoms with Crippen LogP contribution in [0, 0.1) is 6.92 Å². The van der Waals surface area contributed by atoms with E-state index >= 15 is 0 Å². The number of hydrogen-bond acceptors (Lipinski definition) is 6. The molecule has 4 rings (SSSR count). The summed E-state index contributed by atoms with van der Waals surface area (Å²) in [5, 5.41) is 2.54. The lowest BCUT2D eigenvalue weighted by Gasteiger charge is -2.10. The lowest BCUT2D eigenvalue weighted by atomic mass is 10.1. The van der Waals surface area contributed by atoms with Gasteiger partial charge < -0.3 is 14.5 Å². The average molecular weight is 488 g/mol. The van der Waals surface area contributed by atoms with Crippen molar-refractivity contribution in [1.29, 1.82) is 0 Å². The van der Waals surface area contributed by atoms with Crippen LogP contribution in [-0.2, 0) is 16.4 Å². The van der Waals surface area contributed by atoms with Gasteiger partial charge in [0.25, 0.3) is 0 Å². The van der Waals surface area contributed by atoms with E-state index in [0.29, 0.717) is 11.1 Å². The average Bonchev–Trinajstić information content (AvgIpc) is 3.23. The second kappa shape index (κ2) is 9.22. The number of nitrogens with zero attached hydrogens (tertiary/aromatic N) is 1. The van der Waals surface area contributed by atoms with E-state index in [9.17, 15) is 21.6 Å². The van der Waals surface area contributed by atoms with Crippen LogP contribution in [0.1, 0.15) is 11.1 Å². The first-order chi connectivity index (χ1) is 16.1. The minimum atomic E-state index is -4.82. The molecule has 0 spiro atoms. The van der Waals surface area contributed by atoms with Gasteiger partial charge in [0.05, 0.1) is 4.90 Å². The van der Waals surface area contributed by atoms with Crippen LogP contribution in [0.2, 0.25) is 0 Å². The van der Waals surface area contributed by atoms with Crippen molar-refractivity contribution < 1.29 is 30.7 Å². The first-order valence-corrected chi connectivity index (χ1v) is 11.6. The first kappa shape index (κ1) is 23.4. The van der Waals surface area contributed by atoms with Crippen molar-refractivity contribution in [3.05, 3.63) is 90.0 Å². The molecule has 0 unspecified atom stereocenters. The Labute approximate surface area is 193 Å². The number of sulfone groups is 1. The number of alkyl halides is 3. The summed E-state index contributed by atoms with van der Waals surface area (Å²) in [7, 11) is -4.05. The minimum absolute atomic E-state index is 0.0308. The largest absolute Gasteiger partial charge is 0.573 e. The van der Waals surface area contributed by atoms with Gasteiger partial charge in [0.15, 0.2) is 0 Å². The molecule has 10 heteroatoms. The van der Waals surface area contributed by atoms with Gasteiger partial charge in [-0.25, -0.2) is 8.42 Å². The predicted octanol–water partition coefficient (Wildman–Crippen LogP) is 5.99. The van der Waals surface area contributed by atoms with Gasteiger partial charge in [-0.1, -0.05) is 48.5 Å². The van der Waals surface area contributed by atoms with E-state index in [2.05, 4.69) is 15.0 Å². The van der Waals surface area contributed by atoms with Crippen LogP contribution < -0.4 is 10.1 Å². The van der Waals surface area contributed by atoms with Crippen LogP contribution >= 0.6 is 0 Å². The highest BCUT2D eigenvalue weighted by atomic mass is 32.2. The van der Waals surface area contributed by atoms with E-state index in [-0.39, 0.29) is 34.0 Å². The Balaban J connectivity index is 1.70. The number of hydrogen-bond donors (Lipinski definition) is 1. The fourth-order valence-corrected chi connectivity index (χ4v) is 4.57. The van der Waals surface area contributed by atoms with E-state index in [1.165, 1.54) is 30.3 Å². The van der Waals surface area contributed by atoms with E-state index in [1.54, 1.807) is 36.4 Å². The summed E-state index contributed by atoms with van der Waals surface area (Å²) in [6.45, 7) is 1.80. The summed E-state index contributed by atoms with van der Waals surface area (Å²) in [6.07, 6.45) is -4.82. The van der Waals surface area contributed by atoms with Gasteiger partial charge in [-0.15, -0.1) is 13.2 Å². The predicted molar refractivity (Wildman–Crippen MR) is 119 cm³/mol. The number of oxazole rings is 1. The molecular weight excluding hydrogens is 469 g/mol. The molecule has 0 atom stereocenters. The van der Waals surface area contributed by atoms with Crippen LogP contribution in [0.4, 0.5) is 19.1 Å². The number of halogens is 3. The molecule has 4 aromatic rings. The van der Waals surface area contributed by atoms with Crippen LogP contribution in [0.5, 0.6) is 5.75 Å². The molecule has 6 nitrogen and oxygen atoms in total. The van der Waals surface area contributed by atoms with Crippen molar-refractivity contribution in [2.45, 2.75) is 29.8 Å². The summed E-state index contributed by atoms with van der Waals surface area (Å²) >= 11 is 0.